The number of aliphatic hydroxyl groups is 1. The molecule has 0 radical (unpaired) electrons. The minimum Gasteiger partial charge on any atom is -0.362 e. The summed E-state index contributed by atoms with van der Waals surface area (Å²) in [4.78, 5) is 0. The molecule has 2 nitrogen and oxygen atoms in total. The standard InChI is InChI=1S/C24H28O2/c1-2-3-4-10-18-26-24(25)17-11-14-21(19-24)23-16-9-8-15-22(23)20-12-6-5-7-13-20/h5-9,11-17,25H,2-4,10,18-19H2,1H3. The van der Waals surface area contributed by atoms with Crippen molar-refractivity contribution in [2.45, 2.75) is 44.8 Å². The molecule has 0 amide bonds. The maximum Gasteiger partial charge on any atom is 0.189 e. The molecule has 0 spiro atoms. The van der Waals surface area contributed by atoms with E-state index in [4.69, 9.17) is 4.74 Å². The molecule has 0 saturated carbocycles. The summed E-state index contributed by atoms with van der Waals surface area (Å²) < 4.78 is 5.84. The number of benzene rings is 2. The lowest BCUT2D eigenvalue weighted by molar-refractivity contribution is -0.163. The Balaban J connectivity index is 1.75. The quantitative estimate of drug-likeness (QED) is 0.469. The predicted molar refractivity (Wildman–Crippen MR) is 109 cm³/mol. The van der Waals surface area contributed by atoms with E-state index >= 15 is 0 Å². The topological polar surface area (TPSA) is 29.5 Å². The van der Waals surface area contributed by atoms with Gasteiger partial charge in [0.15, 0.2) is 5.79 Å². The molecule has 2 aromatic carbocycles. The van der Waals surface area contributed by atoms with Crippen molar-refractivity contribution in [2.75, 3.05) is 6.61 Å². The largest absolute Gasteiger partial charge is 0.362 e. The molecule has 0 heterocycles. The van der Waals surface area contributed by atoms with Gasteiger partial charge in [0.05, 0.1) is 6.61 Å². The van der Waals surface area contributed by atoms with Crippen LogP contribution < -0.4 is 0 Å². The van der Waals surface area contributed by atoms with Crippen molar-refractivity contribution in [1.29, 1.82) is 0 Å². The van der Waals surface area contributed by atoms with Gasteiger partial charge in [-0.05, 0) is 34.8 Å². The highest BCUT2D eigenvalue weighted by molar-refractivity contribution is 5.82. The molecule has 136 valence electrons. The summed E-state index contributed by atoms with van der Waals surface area (Å²) in [5, 5.41) is 10.9. The van der Waals surface area contributed by atoms with Crippen molar-refractivity contribution < 1.29 is 9.84 Å². The highest BCUT2D eigenvalue weighted by atomic mass is 16.6. The van der Waals surface area contributed by atoms with Crippen LogP contribution in [0, 0.1) is 0 Å². The molecule has 2 aromatic rings. The normalized spacial score (nSPS) is 19.4. The van der Waals surface area contributed by atoms with Crippen molar-refractivity contribution in [3.8, 4) is 11.1 Å². The molecule has 2 heteroatoms. The molecule has 3 rings (SSSR count). The van der Waals surface area contributed by atoms with Crippen molar-refractivity contribution >= 4 is 5.57 Å². The summed E-state index contributed by atoms with van der Waals surface area (Å²) in [5.41, 5.74) is 4.61. The summed E-state index contributed by atoms with van der Waals surface area (Å²) in [7, 11) is 0. The van der Waals surface area contributed by atoms with Crippen molar-refractivity contribution in [1.82, 2.24) is 0 Å². The Bertz CT molecular complexity index is 761. The number of hydrogen-bond acceptors (Lipinski definition) is 2. The second kappa shape index (κ2) is 8.98. The summed E-state index contributed by atoms with van der Waals surface area (Å²) >= 11 is 0. The van der Waals surface area contributed by atoms with Gasteiger partial charge in [-0.15, -0.1) is 0 Å². The molecule has 26 heavy (non-hydrogen) atoms. The minimum atomic E-state index is -1.21. The Kier molecular flexibility index (Phi) is 6.43. The molecular formula is C24H28O2. The number of allylic oxidation sites excluding steroid dienone is 2. The fourth-order valence-corrected chi connectivity index (χ4v) is 3.40. The maximum absolute atomic E-state index is 10.9. The van der Waals surface area contributed by atoms with E-state index in [2.05, 4.69) is 55.5 Å². The first-order chi connectivity index (χ1) is 12.7. The fraction of sp³-hybridized carbons (Fsp3) is 0.333. The van der Waals surface area contributed by atoms with E-state index in [9.17, 15) is 5.11 Å². The molecule has 0 fully saturated rings. The Morgan fingerprint density at radius 3 is 2.42 bits per heavy atom. The highest BCUT2D eigenvalue weighted by Gasteiger charge is 2.29. The van der Waals surface area contributed by atoms with Crippen molar-refractivity contribution in [3.63, 3.8) is 0 Å². The molecule has 0 aliphatic heterocycles. The van der Waals surface area contributed by atoms with Crippen LogP contribution in [0.2, 0.25) is 0 Å². The van der Waals surface area contributed by atoms with E-state index in [-0.39, 0.29) is 0 Å². The summed E-state index contributed by atoms with van der Waals surface area (Å²) in [6, 6.07) is 18.7. The first-order valence-corrected chi connectivity index (χ1v) is 9.61. The molecule has 1 aliphatic rings. The Hall–Kier alpha value is -2.16. The smallest absolute Gasteiger partial charge is 0.189 e. The van der Waals surface area contributed by atoms with Crippen LogP contribution in [0.15, 0.2) is 72.8 Å². The average molecular weight is 348 g/mol. The van der Waals surface area contributed by atoms with Gasteiger partial charge in [0.2, 0.25) is 0 Å². The van der Waals surface area contributed by atoms with Crippen molar-refractivity contribution in [3.05, 3.63) is 78.4 Å². The third-order valence-corrected chi connectivity index (χ3v) is 4.81. The molecule has 1 aliphatic carbocycles. The summed E-state index contributed by atoms with van der Waals surface area (Å²) in [5.74, 6) is -1.21. The lowest BCUT2D eigenvalue weighted by atomic mass is 9.88. The van der Waals surface area contributed by atoms with Gasteiger partial charge >= 0.3 is 0 Å². The van der Waals surface area contributed by atoms with Gasteiger partial charge in [-0.1, -0.05) is 92.9 Å². The lowest BCUT2D eigenvalue weighted by Gasteiger charge is -2.29. The van der Waals surface area contributed by atoms with Gasteiger partial charge in [-0.25, -0.2) is 0 Å². The third kappa shape index (κ3) is 4.72. The van der Waals surface area contributed by atoms with Crippen LogP contribution in [0.5, 0.6) is 0 Å². The minimum absolute atomic E-state index is 0.473. The first kappa shape index (κ1) is 18.6. The van der Waals surface area contributed by atoms with Crippen LogP contribution >= 0.6 is 0 Å². The summed E-state index contributed by atoms with van der Waals surface area (Å²) in [6.45, 7) is 2.79. The Morgan fingerprint density at radius 2 is 1.65 bits per heavy atom. The van der Waals surface area contributed by atoms with Crippen LogP contribution in [-0.4, -0.2) is 17.5 Å². The molecule has 0 saturated heterocycles. The Morgan fingerprint density at radius 1 is 0.923 bits per heavy atom. The first-order valence-electron chi connectivity index (χ1n) is 9.61. The van der Waals surface area contributed by atoms with Crippen LogP contribution in [-0.2, 0) is 4.74 Å². The van der Waals surface area contributed by atoms with Crippen LogP contribution in [0.25, 0.3) is 16.7 Å². The number of ether oxygens (including phenoxy) is 1. The molecule has 0 aromatic heterocycles. The number of unbranched alkanes of at least 4 members (excludes halogenated alkanes) is 3. The van der Waals surface area contributed by atoms with E-state index in [1.54, 1.807) is 6.08 Å². The molecule has 0 bridgehead atoms. The van der Waals surface area contributed by atoms with E-state index in [0.29, 0.717) is 13.0 Å². The molecule has 1 unspecified atom stereocenters. The van der Waals surface area contributed by atoms with Gasteiger partial charge in [0.25, 0.3) is 0 Å². The second-order valence-electron chi connectivity index (χ2n) is 6.89. The fourth-order valence-electron chi connectivity index (χ4n) is 3.40. The summed E-state index contributed by atoms with van der Waals surface area (Å²) in [6.07, 6.45) is 10.8. The van der Waals surface area contributed by atoms with E-state index in [1.165, 1.54) is 24.0 Å². The zero-order valence-electron chi connectivity index (χ0n) is 15.5. The zero-order valence-corrected chi connectivity index (χ0v) is 15.5. The third-order valence-electron chi connectivity index (χ3n) is 4.81. The number of rotatable bonds is 8. The molecule has 1 N–H and O–H groups in total. The number of hydrogen-bond donors (Lipinski definition) is 1. The monoisotopic (exact) mass is 348 g/mol. The Labute approximate surface area is 156 Å². The lowest BCUT2D eigenvalue weighted by Crippen LogP contribution is -2.32. The molecular weight excluding hydrogens is 320 g/mol. The van der Waals surface area contributed by atoms with Crippen molar-refractivity contribution in [2.24, 2.45) is 0 Å². The zero-order chi connectivity index (χ0) is 18.2. The SMILES string of the molecule is CCCCCCOC1(O)C=CC=C(c2ccccc2-c2ccccc2)C1. The van der Waals surface area contributed by atoms with Crippen LogP contribution in [0.3, 0.4) is 0 Å². The van der Waals surface area contributed by atoms with Gasteiger partial charge in [0.1, 0.15) is 0 Å². The van der Waals surface area contributed by atoms with E-state index < -0.39 is 5.79 Å². The van der Waals surface area contributed by atoms with Crippen LogP contribution in [0.1, 0.15) is 44.6 Å². The average Bonchev–Trinajstić information content (AvgIpc) is 2.68. The van der Waals surface area contributed by atoms with Crippen LogP contribution in [0.4, 0.5) is 0 Å². The maximum atomic E-state index is 10.9. The van der Waals surface area contributed by atoms with E-state index in [0.717, 1.165) is 24.0 Å². The van der Waals surface area contributed by atoms with Gasteiger partial charge < -0.3 is 9.84 Å². The van der Waals surface area contributed by atoms with Gasteiger partial charge in [0, 0.05) is 6.42 Å². The second-order valence-corrected chi connectivity index (χ2v) is 6.89. The molecule has 1 atom stereocenters. The predicted octanol–water partition coefficient (Wildman–Crippen LogP) is 5.98. The van der Waals surface area contributed by atoms with Gasteiger partial charge in [-0.3, -0.25) is 0 Å². The highest BCUT2D eigenvalue weighted by Crippen LogP contribution is 2.36. The van der Waals surface area contributed by atoms with E-state index in [1.807, 2.05) is 18.2 Å². The van der Waals surface area contributed by atoms with Gasteiger partial charge in [-0.2, -0.15) is 0 Å².